The predicted octanol–water partition coefficient (Wildman–Crippen LogP) is 1.63. The minimum absolute atomic E-state index is 0.133. The average molecular weight is 345 g/mol. The van der Waals surface area contributed by atoms with Crippen molar-refractivity contribution < 1.29 is 4.79 Å². The number of carbonyl (C=O) groups is 1. The van der Waals surface area contributed by atoms with Gasteiger partial charge >= 0.3 is 0 Å². The van der Waals surface area contributed by atoms with Crippen LogP contribution in [0.4, 0.5) is 0 Å². The van der Waals surface area contributed by atoms with Crippen LogP contribution in [0.3, 0.4) is 0 Å². The van der Waals surface area contributed by atoms with Gasteiger partial charge in [-0.1, -0.05) is 19.1 Å². The van der Waals surface area contributed by atoms with Gasteiger partial charge in [0, 0.05) is 57.4 Å². The molecule has 0 aromatic heterocycles. The summed E-state index contributed by atoms with van der Waals surface area (Å²) in [6, 6.07) is 8.36. The van der Waals surface area contributed by atoms with Crippen molar-refractivity contribution in [3.05, 3.63) is 35.4 Å². The van der Waals surface area contributed by atoms with E-state index in [-0.39, 0.29) is 11.9 Å². The van der Waals surface area contributed by atoms with E-state index in [1.54, 1.807) is 0 Å². The molecule has 5 heteroatoms. The van der Waals surface area contributed by atoms with Crippen LogP contribution in [-0.4, -0.2) is 73.0 Å². The number of benzene rings is 1. The lowest BCUT2D eigenvalue weighted by Gasteiger charge is -2.39. The lowest BCUT2D eigenvalue weighted by molar-refractivity contribution is 0.0532. The molecule has 1 aromatic rings. The minimum Gasteiger partial charge on any atom is -0.334 e. The lowest BCUT2D eigenvalue weighted by Crippen LogP contribution is -2.51. The maximum absolute atomic E-state index is 12.9. The number of likely N-dealkylation sites (tertiary alicyclic amines) is 1. The van der Waals surface area contributed by atoms with E-state index in [1.807, 2.05) is 17.0 Å². The summed E-state index contributed by atoms with van der Waals surface area (Å²) >= 11 is 0. The van der Waals surface area contributed by atoms with Crippen molar-refractivity contribution in [1.29, 1.82) is 0 Å². The average Bonchev–Trinajstić information content (AvgIpc) is 2.63. The molecule has 25 heavy (non-hydrogen) atoms. The van der Waals surface area contributed by atoms with E-state index >= 15 is 0 Å². The minimum atomic E-state index is 0.133. The Morgan fingerprint density at radius 1 is 1.12 bits per heavy atom. The molecule has 2 heterocycles. The summed E-state index contributed by atoms with van der Waals surface area (Å²) in [4.78, 5) is 19.7. The first-order valence-electron chi connectivity index (χ1n) is 9.59. The number of amides is 1. The van der Waals surface area contributed by atoms with Crippen LogP contribution in [0.1, 0.15) is 35.7 Å². The second kappa shape index (κ2) is 8.30. The highest BCUT2D eigenvalue weighted by Crippen LogP contribution is 2.24. The fourth-order valence-corrected chi connectivity index (χ4v) is 4.04. The Kier molecular flexibility index (Phi) is 6.10. The molecular weight excluding hydrogens is 312 g/mol. The summed E-state index contributed by atoms with van der Waals surface area (Å²) in [7, 11) is 2.17. The van der Waals surface area contributed by atoms with Crippen LogP contribution in [0, 0.1) is 5.92 Å². The van der Waals surface area contributed by atoms with Gasteiger partial charge in [-0.05, 0) is 43.5 Å². The predicted molar refractivity (Wildman–Crippen MR) is 101 cm³/mol. The second-order valence-corrected chi connectivity index (χ2v) is 7.70. The fraction of sp³-hybridized carbons (Fsp3) is 0.650. The number of likely N-dealkylation sites (N-methyl/N-ethyl adjacent to an activating group) is 1. The Morgan fingerprint density at radius 2 is 1.80 bits per heavy atom. The van der Waals surface area contributed by atoms with Crippen LogP contribution in [0.15, 0.2) is 24.3 Å². The molecule has 2 aliphatic heterocycles. The Labute approximate surface area is 151 Å². The number of nitrogens with two attached hydrogens (primary N) is 1. The Hall–Kier alpha value is -1.43. The van der Waals surface area contributed by atoms with Crippen LogP contribution >= 0.6 is 0 Å². The molecule has 2 saturated heterocycles. The monoisotopic (exact) mass is 344 g/mol. The topological polar surface area (TPSA) is 52.8 Å². The van der Waals surface area contributed by atoms with Crippen molar-refractivity contribution in [3.8, 4) is 0 Å². The van der Waals surface area contributed by atoms with E-state index in [1.165, 1.54) is 5.56 Å². The smallest absolute Gasteiger partial charge is 0.254 e. The molecule has 0 bridgehead atoms. The molecule has 3 rings (SSSR count). The Balaban J connectivity index is 1.62. The van der Waals surface area contributed by atoms with Gasteiger partial charge in [-0.2, -0.15) is 0 Å². The van der Waals surface area contributed by atoms with Crippen molar-refractivity contribution in [2.45, 2.75) is 32.4 Å². The van der Waals surface area contributed by atoms with Gasteiger partial charge in [-0.3, -0.25) is 9.69 Å². The highest BCUT2D eigenvalue weighted by molar-refractivity contribution is 5.94. The maximum Gasteiger partial charge on any atom is 0.254 e. The third-order valence-electron chi connectivity index (χ3n) is 5.82. The highest BCUT2D eigenvalue weighted by Gasteiger charge is 2.31. The van der Waals surface area contributed by atoms with Gasteiger partial charge < -0.3 is 15.5 Å². The van der Waals surface area contributed by atoms with Crippen molar-refractivity contribution in [3.63, 3.8) is 0 Å². The zero-order valence-electron chi connectivity index (χ0n) is 15.7. The first kappa shape index (κ1) is 18.4. The summed E-state index contributed by atoms with van der Waals surface area (Å²) in [6.07, 6.45) is 2.24. The SMILES string of the molecule is C[C@@H]1CCCN(C(=O)c2ccc(CN3CCN(C)CC3)cc2)[C@H]1CN. The third-order valence-corrected chi connectivity index (χ3v) is 5.82. The van der Waals surface area contributed by atoms with Crippen LogP contribution in [0.2, 0.25) is 0 Å². The van der Waals surface area contributed by atoms with Gasteiger partial charge in [0.05, 0.1) is 0 Å². The third kappa shape index (κ3) is 4.40. The Bertz CT molecular complexity index is 566. The van der Waals surface area contributed by atoms with Gasteiger partial charge in [0.25, 0.3) is 5.91 Å². The number of hydrogen-bond donors (Lipinski definition) is 1. The molecule has 0 aliphatic carbocycles. The molecule has 138 valence electrons. The molecule has 2 atom stereocenters. The number of hydrogen-bond acceptors (Lipinski definition) is 4. The quantitative estimate of drug-likeness (QED) is 0.902. The number of carbonyl (C=O) groups excluding carboxylic acids is 1. The molecule has 2 aliphatic rings. The van der Waals surface area contributed by atoms with Gasteiger partial charge in [0.15, 0.2) is 0 Å². The summed E-state index contributed by atoms with van der Waals surface area (Å²) in [5.74, 6) is 0.618. The number of rotatable bonds is 4. The molecule has 1 aromatic carbocycles. The Morgan fingerprint density at radius 3 is 2.44 bits per heavy atom. The van der Waals surface area contributed by atoms with E-state index in [0.717, 1.165) is 57.7 Å². The summed E-state index contributed by atoms with van der Waals surface area (Å²) in [5.41, 5.74) is 8.00. The van der Waals surface area contributed by atoms with Gasteiger partial charge in [-0.25, -0.2) is 0 Å². The zero-order valence-corrected chi connectivity index (χ0v) is 15.7. The molecule has 5 nitrogen and oxygen atoms in total. The normalized spacial score (nSPS) is 26.0. The summed E-state index contributed by atoms with van der Waals surface area (Å²) in [5, 5.41) is 0. The van der Waals surface area contributed by atoms with Crippen molar-refractivity contribution >= 4 is 5.91 Å². The number of piperazine rings is 1. The van der Waals surface area contributed by atoms with E-state index in [9.17, 15) is 4.79 Å². The molecule has 0 spiro atoms. The van der Waals surface area contributed by atoms with Crippen LogP contribution < -0.4 is 5.73 Å². The maximum atomic E-state index is 12.9. The highest BCUT2D eigenvalue weighted by atomic mass is 16.2. The van der Waals surface area contributed by atoms with E-state index in [4.69, 9.17) is 5.73 Å². The molecule has 0 saturated carbocycles. The van der Waals surface area contributed by atoms with Gasteiger partial charge in [0.2, 0.25) is 0 Å². The van der Waals surface area contributed by atoms with Crippen molar-refractivity contribution in [2.24, 2.45) is 11.7 Å². The largest absolute Gasteiger partial charge is 0.334 e. The van der Waals surface area contributed by atoms with E-state index < -0.39 is 0 Å². The van der Waals surface area contributed by atoms with Crippen molar-refractivity contribution in [1.82, 2.24) is 14.7 Å². The lowest BCUT2D eigenvalue weighted by atomic mass is 9.90. The molecular formula is C20H32N4O. The number of nitrogens with zero attached hydrogens (tertiary/aromatic N) is 3. The van der Waals surface area contributed by atoms with Crippen LogP contribution in [-0.2, 0) is 6.54 Å². The summed E-state index contributed by atoms with van der Waals surface area (Å²) < 4.78 is 0. The first-order chi connectivity index (χ1) is 12.1. The number of piperidine rings is 1. The standard InChI is InChI=1S/C20H32N4O/c1-16-4-3-9-24(19(16)14-21)20(25)18-7-5-17(6-8-18)15-23-12-10-22(2)11-13-23/h5-8,16,19H,3-4,9-15,21H2,1-2H3/t16-,19+/m1/s1. The van der Waals surface area contributed by atoms with Crippen LogP contribution in [0.25, 0.3) is 0 Å². The molecule has 2 fully saturated rings. The molecule has 2 N–H and O–H groups in total. The molecule has 1 amide bonds. The summed E-state index contributed by atoms with van der Waals surface area (Å²) in [6.45, 7) is 9.03. The van der Waals surface area contributed by atoms with Crippen molar-refractivity contribution in [2.75, 3.05) is 46.3 Å². The van der Waals surface area contributed by atoms with Gasteiger partial charge in [-0.15, -0.1) is 0 Å². The van der Waals surface area contributed by atoms with E-state index in [2.05, 4.69) is 35.9 Å². The second-order valence-electron chi connectivity index (χ2n) is 7.70. The fourth-order valence-electron chi connectivity index (χ4n) is 4.04. The first-order valence-corrected chi connectivity index (χ1v) is 9.59. The molecule has 0 radical (unpaired) electrons. The zero-order chi connectivity index (χ0) is 17.8. The van der Waals surface area contributed by atoms with E-state index in [0.29, 0.717) is 12.5 Å². The van der Waals surface area contributed by atoms with Gasteiger partial charge in [0.1, 0.15) is 0 Å². The molecule has 0 unspecified atom stereocenters. The van der Waals surface area contributed by atoms with Crippen LogP contribution in [0.5, 0.6) is 0 Å².